The van der Waals surface area contributed by atoms with Crippen LogP contribution in [-0.4, -0.2) is 39.3 Å². The van der Waals surface area contributed by atoms with Gasteiger partial charge in [0, 0.05) is 30.7 Å². The van der Waals surface area contributed by atoms with Gasteiger partial charge in [-0.3, -0.25) is 19.3 Å². The summed E-state index contributed by atoms with van der Waals surface area (Å²) in [6, 6.07) is 3.55. The summed E-state index contributed by atoms with van der Waals surface area (Å²) < 4.78 is 1.27. The zero-order valence-corrected chi connectivity index (χ0v) is 15.2. The SMILES string of the molecule is Cc1cc(O)c(C(=O)/C=C/c2ccc(C(=O)N(C)C(N)=O)s2)c(=O)n1C. The maximum atomic E-state index is 12.3. The topological polar surface area (TPSA) is 123 Å². The molecule has 9 heteroatoms. The number of hydrogen-bond donors (Lipinski definition) is 2. The minimum absolute atomic E-state index is 0.271. The van der Waals surface area contributed by atoms with Crippen LogP contribution in [-0.2, 0) is 7.05 Å². The lowest BCUT2D eigenvalue weighted by atomic mass is 10.1. The number of nitrogens with zero attached hydrogens (tertiary/aromatic N) is 2. The number of thiophene rings is 1. The molecule has 0 spiro atoms. The van der Waals surface area contributed by atoms with Crippen molar-refractivity contribution in [3.8, 4) is 5.75 Å². The fourth-order valence-corrected chi connectivity index (χ4v) is 2.99. The molecule has 0 saturated heterocycles. The zero-order valence-electron chi connectivity index (χ0n) is 14.3. The van der Waals surface area contributed by atoms with Crippen LogP contribution in [0.15, 0.2) is 29.1 Å². The highest BCUT2D eigenvalue weighted by Gasteiger charge is 2.18. The van der Waals surface area contributed by atoms with Gasteiger partial charge in [-0.25, -0.2) is 4.79 Å². The van der Waals surface area contributed by atoms with E-state index in [-0.39, 0.29) is 16.2 Å². The Kier molecular flexibility index (Phi) is 5.41. The molecule has 3 amide bonds. The Labute approximate surface area is 152 Å². The summed E-state index contributed by atoms with van der Waals surface area (Å²) in [5.41, 5.74) is 4.65. The molecule has 2 rings (SSSR count). The number of carbonyl (C=O) groups is 3. The molecule has 0 aliphatic rings. The summed E-state index contributed by atoms with van der Waals surface area (Å²) in [5, 5.41) is 9.89. The summed E-state index contributed by atoms with van der Waals surface area (Å²) in [6.45, 7) is 1.64. The second kappa shape index (κ2) is 7.36. The van der Waals surface area contributed by atoms with Crippen LogP contribution in [0.25, 0.3) is 6.08 Å². The maximum Gasteiger partial charge on any atom is 0.321 e. The van der Waals surface area contributed by atoms with E-state index >= 15 is 0 Å². The van der Waals surface area contributed by atoms with Gasteiger partial charge >= 0.3 is 6.03 Å². The Morgan fingerprint density at radius 2 is 1.96 bits per heavy atom. The molecular formula is C17H17N3O5S. The van der Waals surface area contributed by atoms with E-state index in [4.69, 9.17) is 5.73 Å². The van der Waals surface area contributed by atoms with Crippen LogP contribution in [0.4, 0.5) is 4.79 Å². The number of carbonyl (C=O) groups excluding carboxylic acids is 3. The Bertz CT molecular complexity index is 987. The first kappa shape index (κ1) is 19.1. The van der Waals surface area contributed by atoms with E-state index in [1.54, 1.807) is 13.0 Å². The molecule has 136 valence electrons. The van der Waals surface area contributed by atoms with Crippen LogP contribution in [0.5, 0.6) is 5.75 Å². The molecule has 0 saturated carbocycles. The predicted octanol–water partition coefficient (Wildman–Crippen LogP) is 1.51. The van der Waals surface area contributed by atoms with Crippen LogP contribution < -0.4 is 11.3 Å². The van der Waals surface area contributed by atoms with Crippen molar-refractivity contribution < 1.29 is 19.5 Å². The number of pyridine rings is 1. The van der Waals surface area contributed by atoms with Gasteiger partial charge in [0.05, 0.1) is 4.88 Å². The van der Waals surface area contributed by atoms with Crippen molar-refractivity contribution in [2.45, 2.75) is 6.92 Å². The van der Waals surface area contributed by atoms with Gasteiger partial charge in [0.15, 0.2) is 5.78 Å². The smallest absolute Gasteiger partial charge is 0.321 e. The fourth-order valence-electron chi connectivity index (χ4n) is 2.10. The van der Waals surface area contributed by atoms with Gasteiger partial charge in [0.2, 0.25) is 0 Å². The number of hydrogen-bond acceptors (Lipinski definition) is 6. The number of primary amides is 1. The normalized spacial score (nSPS) is 10.9. The van der Waals surface area contributed by atoms with Crippen molar-refractivity contribution in [2.24, 2.45) is 12.8 Å². The Morgan fingerprint density at radius 1 is 1.31 bits per heavy atom. The van der Waals surface area contributed by atoms with E-state index in [9.17, 15) is 24.3 Å². The number of nitrogens with two attached hydrogens (primary N) is 1. The molecule has 0 unspecified atom stereocenters. The molecular weight excluding hydrogens is 358 g/mol. The van der Waals surface area contributed by atoms with E-state index in [0.29, 0.717) is 10.6 Å². The minimum atomic E-state index is -0.874. The van der Waals surface area contributed by atoms with Gasteiger partial charge < -0.3 is 15.4 Å². The molecule has 0 radical (unpaired) electrons. The highest BCUT2D eigenvalue weighted by Crippen LogP contribution is 2.21. The highest BCUT2D eigenvalue weighted by atomic mass is 32.1. The molecule has 0 aromatic carbocycles. The van der Waals surface area contributed by atoms with E-state index in [1.165, 1.54) is 36.9 Å². The average Bonchev–Trinajstić information content (AvgIpc) is 3.05. The van der Waals surface area contributed by atoms with E-state index < -0.39 is 23.3 Å². The fraction of sp³-hybridized carbons (Fsp3) is 0.176. The lowest BCUT2D eigenvalue weighted by Crippen LogP contribution is -2.36. The van der Waals surface area contributed by atoms with Crippen LogP contribution in [0.1, 0.15) is 30.6 Å². The molecule has 2 aromatic heterocycles. The third-order valence-electron chi connectivity index (χ3n) is 3.77. The highest BCUT2D eigenvalue weighted by molar-refractivity contribution is 7.14. The number of urea groups is 1. The van der Waals surface area contributed by atoms with Gasteiger partial charge in [-0.2, -0.15) is 0 Å². The Hall–Kier alpha value is -3.20. The van der Waals surface area contributed by atoms with Crippen LogP contribution >= 0.6 is 11.3 Å². The molecule has 0 fully saturated rings. The van der Waals surface area contributed by atoms with Gasteiger partial charge in [0.1, 0.15) is 11.3 Å². The van der Waals surface area contributed by atoms with Gasteiger partial charge in [0.25, 0.3) is 11.5 Å². The molecule has 2 heterocycles. The molecule has 3 N–H and O–H groups in total. The largest absolute Gasteiger partial charge is 0.507 e. The van der Waals surface area contributed by atoms with Crippen molar-refractivity contribution in [1.29, 1.82) is 0 Å². The molecule has 0 bridgehead atoms. The van der Waals surface area contributed by atoms with Gasteiger partial charge in [-0.05, 0) is 31.2 Å². The first-order chi connectivity index (χ1) is 12.1. The summed E-state index contributed by atoms with van der Waals surface area (Å²) in [4.78, 5) is 49.0. The quantitative estimate of drug-likeness (QED) is 0.619. The number of allylic oxidation sites excluding steroid dienone is 1. The first-order valence-corrected chi connectivity index (χ1v) is 8.24. The predicted molar refractivity (Wildman–Crippen MR) is 97.4 cm³/mol. The van der Waals surface area contributed by atoms with E-state index in [0.717, 1.165) is 22.3 Å². The minimum Gasteiger partial charge on any atom is -0.507 e. The number of aryl methyl sites for hydroxylation is 1. The number of imide groups is 1. The van der Waals surface area contributed by atoms with E-state index in [1.807, 2.05) is 0 Å². The van der Waals surface area contributed by atoms with Crippen LogP contribution in [0.3, 0.4) is 0 Å². The monoisotopic (exact) mass is 375 g/mol. The molecule has 26 heavy (non-hydrogen) atoms. The summed E-state index contributed by atoms with van der Waals surface area (Å²) in [5.74, 6) is -1.59. The van der Waals surface area contributed by atoms with Crippen molar-refractivity contribution in [3.63, 3.8) is 0 Å². The van der Waals surface area contributed by atoms with Crippen LogP contribution in [0, 0.1) is 6.92 Å². The second-order valence-electron chi connectivity index (χ2n) is 5.51. The molecule has 0 aliphatic heterocycles. The average molecular weight is 375 g/mol. The summed E-state index contributed by atoms with van der Waals surface area (Å²) >= 11 is 1.05. The Morgan fingerprint density at radius 3 is 2.58 bits per heavy atom. The third-order valence-corrected chi connectivity index (χ3v) is 4.81. The van der Waals surface area contributed by atoms with Crippen molar-refractivity contribution in [1.82, 2.24) is 9.47 Å². The molecule has 8 nitrogen and oxygen atoms in total. The second-order valence-corrected chi connectivity index (χ2v) is 6.63. The lowest BCUT2D eigenvalue weighted by Gasteiger charge is -2.09. The molecule has 0 atom stereocenters. The third kappa shape index (κ3) is 3.72. The maximum absolute atomic E-state index is 12.3. The Balaban J connectivity index is 2.25. The number of amides is 3. The number of aromatic nitrogens is 1. The van der Waals surface area contributed by atoms with Crippen molar-refractivity contribution >= 4 is 35.1 Å². The summed E-state index contributed by atoms with van der Waals surface area (Å²) in [7, 11) is 2.77. The lowest BCUT2D eigenvalue weighted by molar-refractivity contribution is 0.0842. The standard InChI is InChI=1S/C17H17N3O5S/c1-9-8-12(22)14(16(24)19(9)2)11(21)6-4-10-5-7-13(26-10)15(23)20(3)17(18)25/h4-8,22H,1-3H3,(H2,18,25)/b6-4+. The van der Waals surface area contributed by atoms with Crippen molar-refractivity contribution in [3.05, 3.63) is 55.6 Å². The molecule has 0 aliphatic carbocycles. The number of rotatable bonds is 4. The zero-order chi connectivity index (χ0) is 19.6. The number of ketones is 1. The summed E-state index contributed by atoms with van der Waals surface area (Å²) in [6.07, 6.45) is 2.57. The van der Waals surface area contributed by atoms with Gasteiger partial charge in [-0.1, -0.05) is 0 Å². The number of aromatic hydroxyl groups is 1. The van der Waals surface area contributed by atoms with Crippen LogP contribution in [0.2, 0.25) is 0 Å². The van der Waals surface area contributed by atoms with Gasteiger partial charge in [-0.15, -0.1) is 11.3 Å². The van der Waals surface area contributed by atoms with Crippen molar-refractivity contribution in [2.75, 3.05) is 7.05 Å². The first-order valence-electron chi connectivity index (χ1n) is 7.42. The molecule has 2 aromatic rings. The van der Waals surface area contributed by atoms with E-state index in [2.05, 4.69) is 0 Å².